The summed E-state index contributed by atoms with van der Waals surface area (Å²) in [4.78, 5) is 13.5. The number of hydrogen-bond donors (Lipinski definition) is 1. The van der Waals surface area contributed by atoms with Crippen LogP contribution >= 0.6 is 0 Å². The lowest BCUT2D eigenvalue weighted by atomic mass is 10.2. The van der Waals surface area contributed by atoms with Crippen LogP contribution in [0.15, 0.2) is 0 Å². The van der Waals surface area contributed by atoms with E-state index in [4.69, 9.17) is 9.47 Å². The Hall–Kier alpha value is -0.650. The summed E-state index contributed by atoms with van der Waals surface area (Å²) in [5.74, 6) is -0.292. The molecule has 0 aromatic rings. The second-order valence-corrected chi connectivity index (χ2v) is 4.88. The Morgan fingerprint density at radius 1 is 1.25 bits per heavy atom. The molecule has 0 heterocycles. The van der Waals surface area contributed by atoms with Gasteiger partial charge in [-0.1, -0.05) is 13.8 Å². The molecular formula is C15H32N2O3. The number of nitrogens with one attached hydrogen (secondary N) is 1. The molecule has 120 valence electrons. The second kappa shape index (κ2) is 13.3. The first kappa shape index (κ1) is 19.4. The molecule has 1 atom stereocenters. The van der Waals surface area contributed by atoms with Gasteiger partial charge in [0.1, 0.15) is 6.61 Å². The van der Waals surface area contributed by atoms with Crippen LogP contribution in [0.3, 0.4) is 0 Å². The van der Waals surface area contributed by atoms with Gasteiger partial charge >= 0.3 is 5.97 Å². The molecule has 0 radical (unpaired) electrons. The molecule has 5 heteroatoms. The van der Waals surface area contributed by atoms with E-state index in [0.29, 0.717) is 19.3 Å². The molecule has 0 aliphatic heterocycles. The van der Waals surface area contributed by atoms with E-state index < -0.39 is 0 Å². The maximum atomic E-state index is 11.0. The van der Waals surface area contributed by atoms with E-state index in [0.717, 1.165) is 26.1 Å². The topological polar surface area (TPSA) is 50.8 Å². The Morgan fingerprint density at radius 2 is 1.95 bits per heavy atom. The number of carbonyl (C=O) groups excluding carboxylic acids is 1. The zero-order chi connectivity index (χ0) is 15.2. The van der Waals surface area contributed by atoms with Crippen molar-refractivity contribution in [3.8, 4) is 0 Å². The van der Waals surface area contributed by atoms with E-state index in [2.05, 4.69) is 31.0 Å². The average molecular weight is 288 g/mol. The molecule has 0 aliphatic rings. The van der Waals surface area contributed by atoms with Gasteiger partial charge in [-0.2, -0.15) is 0 Å². The summed E-state index contributed by atoms with van der Waals surface area (Å²) < 4.78 is 10.0. The summed E-state index contributed by atoms with van der Waals surface area (Å²) >= 11 is 0. The first-order valence-electron chi connectivity index (χ1n) is 7.83. The number of ether oxygens (including phenoxy) is 2. The molecule has 20 heavy (non-hydrogen) atoms. The summed E-state index contributed by atoms with van der Waals surface area (Å²) in [6, 6.07) is 0.483. The SMILES string of the molecule is CCOC(=O)COCCNC(C)CCCN(CC)CC. The average Bonchev–Trinajstić information content (AvgIpc) is 2.43. The number of rotatable bonds is 13. The second-order valence-electron chi connectivity index (χ2n) is 4.88. The molecule has 1 N–H and O–H groups in total. The van der Waals surface area contributed by atoms with Crippen molar-refractivity contribution in [3.05, 3.63) is 0 Å². The van der Waals surface area contributed by atoms with Gasteiger partial charge in [-0.15, -0.1) is 0 Å². The predicted octanol–water partition coefficient (Wildman–Crippen LogP) is 1.67. The lowest BCUT2D eigenvalue weighted by Crippen LogP contribution is -2.31. The largest absolute Gasteiger partial charge is 0.464 e. The molecule has 0 aromatic carbocycles. The highest BCUT2D eigenvalue weighted by Gasteiger charge is 2.04. The summed E-state index contributed by atoms with van der Waals surface area (Å²) in [6.07, 6.45) is 2.37. The van der Waals surface area contributed by atoms with Crippen LogP contribution < -0.4 is 5.32 Å². The van der Waals surface area contributed by atoms with Crippen molar-refractivity contribution in [1.29, 1.82) is 0 Å². The van der Waals surface area contributed by atoms with Crippen molar-refractivity contribution < 1.29 is 14.3 Å². The monoisotopic (exact) mass is 288 g/mol. The number of hydrogen-bond acceptors (Lipinski definition) is 5. The van der Waals surface area contributed by atoms with Gasteiger partial charge in [-0.25, -0.2) is 4.79 Å². The summed E-state index contributed by atoms with van der Waals surface area (Å²) in [5, 5.41) is 3.40. The van der Waals surface area contributed by atoms with Crippen LogP contribution in [0.1, 0.15) is 40.5 Å². The van der Waals surface area contributed by atoms with Gasteiger partial charge in [0.05, 0.1) is 13.2 Å². The highest BCUT2D eigenvalue weighted by Crippen LogP contribution is 1.99. The van der Waals surface area contributed by atoms with Gasteiger partial charge in [0, 0.05) is 12.6 Å². The van der Waals surface area contributed by atoms with Gasteiger partial charge in [0.15, 0.2) is 0 Å². The smallest absolute Gasteiger partial charge is 0.332 e. The van der Waals surface area contributed by atoms with Crippen LogP contribution in [0.4, 0.5) is 0 Å². The Labute approximate surface area is 124 Å². The van der Waals surface area contributed by atoms with Gasteiger partial charge in [-0.05, 0) is 46.3 Å². The first-order chi connectivity index (χ1) is 9.63. The van der Waals surface area contributed by atoms with Crippen molar-refractivity contribution in [1.82, 2.24) is 10.2 Å². The summed E-state index contributed by atoms with van der Waals surface area (Å²) in [7, 11) is 0. The zero-order valence-corrected chi connectivity index (χ0v) is 13.6. The van der Waals surface area contributed by atoms with Crippen LogP contribution in [-0.4, -0.2) is 62.9 Å². The third-order valence-corrected chi connectivity index (χ3v) is 3.27. The maximum Gasteiger partial charge on any atom is 0.332 e. The molecule has 1 unspecified atom stereocenters. The van der Waals surface area contributed by atoms with Crippen molar-refractivity contribution >= 4 is 5.97 Å². The van der Waals surface area contributed by atoms with E-state index in [1.807, 2.05) is 0 Å². The van der Waals surface area contributed by atoms with Gasteiger partial charge in [-0.3, -0.25) is 0 Å². The highest BCUT2D eigenvalue weighted by atomic mass is 16.6. The lowest BCUT2D eigenvalue weighted by Gasteiger charge is -2.19. The third kappa shape index (κ3) is 11.2. The minimum absolute atomic E-state index is 0.0475. The highest BCUT2D eigenvalue weighted by molar-refractivity contribution is 5.70. The fourth-order valence-electron chi connectivity index (χ4n) is 2.00. The molecule has 0 fully saturated rings. The molecular weight excluding hydrogens is 256 g/mol. The fraction of sp³-hybridized carbons (Fsp3) is 0.933. The Kier molecular flexibility index (Phi) is 12.9. The molecule has 0 saturated heterocycles. The minimum Gasteiger partial charge on any atom is -0.464 e. The van der Waals surface area contributed by atoms with Crippen molar-refractivity contribution in [2.24, 2.45) is 0 Å². The van der Waals surface area contributed by atoms with E-state index >= 15 is 0 Å². The van der Waals surface area contributed by atoms with Crippen LogP contribution in [0.25, 0.3) is 0 Å². The van der Waals surface area contributed by atoms with Gasteiger partial charge in [0.25, 0.3) is 0 Å². The number of esters is 1. The maximum absolute atomic E-state index is 11.0. The van der Waals surface area contributed by atoms with Crippen LogP contribution in [0.5, 0.6) is 0 Å². The van der Waals surface area contributed by atoms with E-state index in [1.165, 1.54) is 13.0 Å². The van der Waals surface area contributed by atoms with E-state index in [1.54, 1.807) is 6.92 Å². The van der Waals surface area contributed by atoms with Gasteiger partial charge < -0.3 is 19.7 Å². The van der Waals surface area contributed by atoms with Crippen molar-refractivity contribution in [2.75, 3.05) is 46.0 Å². The first-order valence-corrected chi connectivity index (χ1v) is 7.83. The number of carbonyl (C=O) groups is 1. The molecule has 0 amide bonds. The minimum atomic E-state index is -0.292. The quantitative estimate of drug-likeness (QED) is 0.413. The van der Waals surface area contributed by atoms with Gasteiger partial charge in [0.2, 0.25) is 0 Å². The normalized spacial score (nSPS) is 12.7. The van der Waals surface area contributed by atoms with Crippen molar-refractivity contribution in [2.45, 2.75) is 46.6 Å². The molecule has 0 bridgehead atoms. The predicted molar refractivity (Wildman–Crippen MR) is 81.9 cm³/mol. The standard InChI is InChI=1S/C15H32N2O3/c1-5-17(6-2)11-8-9-14(4)16-10-12-19-13-15(18)20-7-3/h14,16H,5-13H2,1-4H3. The third-order valence-electron chi connectivity index (χ3n) is 3.27. The van der Waals surface area contributed by atoms with Crippen LogP contribution in [0.2, 0.25) is 0 Å². The molecule has 0 saturated carbocycles. The van der Waals surface area contributed by atoms with Crippen molar-refractivity contribution in [3.63, 3.8) is 0 Å². The molecule has 5 nitrogen and oxygen atoms in total. The molecule has 0 aliphatic carbocycles. The fourth-order valence-corrected chi connectivity index (χ4v) is 2.00. The summed E-state index contributed by atoms with van der Waals surface area (Å²) in [6.45, 7) is 13.6. The van der Waals surface area contributed by atoms with E-state index in [-0.39, 0.29) is 12.6 Å². The zero-order valence-electron chi connectivity index (χ0n) is 13.6. The molecule has 0 rings (SSSR count). The Morgan fingerprint density at radius 3 is 2.55 bits per heavy atom. The lowest BCUT2D eigenvalue weighted by molar-refractivity contribution is -0.148. The Bertz CT molecular complexity index is 233. The molecule has 0 aromatic heterocycles. The molecule has 0 spiro atoms. The van der Waals surface area contributed by atoms with Crippen LogP contribution in [-0.2, 0) is 14.3 Å². The van der Waals surface area contributed by atoms with Crippen LogP contribution in [0, 0.1) is 0 Å². The Balaban J connectivity index is 3.40. The summed E-state index contributed by atoms with van der Waals surface area (Å²) in [5.41, 5.74) is 0. The van der Waals surface area contributed by atoms with E-state index in [9.17, 15) is 4.79 Å². The number of nitrogens with zero attached hydrogens (tertiary/aromatic N) is 1.